The maximum absolute atomic E-state index is 10.2. The summed E-state index contributed by atoms with van der Waals surface area (Å²) >= 11 is 0. The zero-order chi connectivity index (χ0) is 7.49. The molecule has 0 rings (SSSR count). The summed E-state index contributed by atoms with van der Waals surface area (Å²) in [6.45, 7) is 11.4. The fourth-order valence-electron chi connectivity index (χ4n) is 0.439. The molecule has 0 bridgehead atoms. The molecule has 0 aliphatic rings. The monoisotopic (exact) mass is 150 g/mol. The third-order valence-electron chi connectivity index (χ3n) is 1.68. The van der Waals surface area contributed by atoms with Gasteiger partial charge in [-0.05, 0) is 6.92 Å². The van der Waals surface area contributed by atoms with Crippen molar-refractivity contribution in [2.24, 2.45) is 5.41 Å². The van der Waals surface area contributed by atoms with E-state index in [0.717, 1.165) is 5.57 Å². The first-order chi connectivity index (χ1) is 4.00. The summed E-state index contributed by atoms with van der Waals surface area (Å²) in [6.07, 6.45) is 0.586. The molecule has 0 heterocycles. The Kier molecular flexibility index (Phi) is 6.75. The quantitative estimate of drug-likeness (QED) is 0.331. The molecule has 0 aromatic carbocycles. The predicted molar refractivity (Wildman–Crippen MR) is 43.5 cm³/mol. The number of hydrogen-bond acceptors (Lipinski definition) is 1. The minimum absolute atomic E-state index is 0. The molecule has 0 amide bonds. The van der Waals surface area contributed by atoms with Crippen molar-refractivity contribution in [3.05, 3.63) is 19.1 Å². The summed E-state index contributed by atoms with van der Waals surface area (Å²) in [5, 5.41) is 10.2. The molecule has 0 fully saturated rings. The van der Waals surface area contributed by atoms with Gasteiger partial charge >= 0.3 is 23.1 Å². The van der Waals surface area contributed by atoms with Crippen molar-refractivity contribution in [2.45, 2.75) is 20.3 Å². The van der Waals surface area contributed by atoms with Crippen LogP contribution < -0.4 is 5.11 Å². The van der Waals surface area contributed by atoms with E-state index in [2.05, 4.69) is 13.5 Å². The number of hydrogen-bond donors (Lipinski definition) is 0. The van der Waals surface area contributed by atoms with Crippen molar-refractivity contribution in [1.29, 1.82) is 0 Å². The molecule has 0 aromatic heterocycles. The SMILES string of the molecule is C=C(C)C([CH2-])(C)CC[O-].[Mg+2]. The summed E-state index contributed by atoms with van der Waals surface area (Å²) < 4.78 is 0. The van der Waals surface area contributed by atoms with Gasteiger partial charge in [0.1, 0.15) is 0 Å². The van der Waals surface area contributed by atoms with Crippen LogP contribution in [0.1, 0.15) is 20.3 Å². The summed E-state index contributed by atoms with van der Waals surface area (Å²) in [5.41, 5.74) is 0.778. The topological polar surface area (TPSA) is 23.1 Å². The van der Waals surface area contributed by atoms with Crippen LogP contribution in [0.5, 0.6) is 0 Å². The van der Waals surface area contributed by atoms with Crippen LogP contribution in [0.2, 0.25) is 0 Å². The molecular formula is C8H14MgO. The molecule has 10 heavy (non-hydrogen) atoms. The molecule has 0 saturated carbocycles. The number of rotatable bonds is 3. The fourth-order valence-corrected chi connectivity index (χ4v) is 0.439. The molecule has 1 unspecified atom stereocenters. The second kappa shape index (κ2) is 5.16. The van der Waals surface area contributed by atoms with Crippen molar-refractivity contribution >= 4 is 23.1 Å². The molecule has 0 N–H and O–H groups in total. The molecule has 0 aliphatic carbocycles. The normalized spacial score (nSPS) is 15.2. The molecule has 0 radical (unpaired) electrons. The molecule has 54 valence electrons. The summed E-state index contributed by atoms with van der Waals surface area (Å²) in [7, 11) is 0. The second-order valence-corrected chi connectivity index (χ2v) is 2.80. The van der Waals surface area contributed by atoms with E-state index in [9.17, 15) is 5.11 Å². The van der Waals surface area contributed by atoms with E-state index in [1.807, 2.05) is 13.8 Å². The number of allylic oxidation sites excluding steroid dienone is 1. The molecular weight excluding hydrogens is 136 g/mol. The first-order valence-corrected chi connectivity index (χ1v) is 3.10. The zero-order valence-corrected chi connectivity index (χ0v) is 8.36. The van der Waals surface area contributed by atoms with Crippen LogP contribution in [-0.2, 0) is 0 Å². The average Bonchev–Trinajstić information content (AvgIpc) is 1.65. The second-order valence-electron chi connectivity index (χ2n) is 2.80. The Labute approximate surface area is 79.7 Å². The van der Waals surface area contributed by atoms with Gasteiger partial charge < -0.3 is 12.0 Å². The van der Waals surface area contributed by atoms with E-state index in [0.29, 0.717) is 6.42 Å². The summed E-state index contributed by atoms with van der Waals surface area (Å²) in [4.78, 5) is 0. The van der Waals surface area contributed by atoms with Crippen molar-refractivity contribution in [3.63, 3.8) is 0 Å². The average molecular weight is 151 g/mol. The zero-order valence-electron chi connectivity index (χ0n) is 6.94. The Balaban J connectivity index is 0. The Morgan fingerprint density at radius 1 is 1.70 bits per heavy atom. The Bertz CT molecular complexity index is 108. The van der Waals surface area contributed by atoms with Crippen molar-refractivity contribution in [3.8, 4) is 0 Å². The molecule has 1 atom stereocenters. The minimum atomic E-state index is -0.207. The van der Waals surface area contributed by atoms with Gasteiger partial charge in [-0.2, -0.15) is 0 Å². The smallest absolute Gasteiger partial charge is 0.854 e. The van der Waals surface area contributed by atoms with Crippen LogP contribution >= 0.6 is 0 Å². The van der Waals surface area contributed by atoms with Gasteiger partial charge in [0.05, 0.1) is 0 Å². The van der Waals surface area contributed by atoms with Crippen LogP contribution in [0, 0.1) is 12.3 Å². The van der Waals surface area contributed by atoms with Gasteiger partial charge in [-0.1, -0.05) is 13.3 Å². The van der Waals surface area contributed by atoms with Crippen LogP contribution in [0.3, 0.4) is 0 Å². The Hall–Kier alpha value is 0.466. The van der Waals surface area contributed by atoms with Crippen LogP contribution in [0.15, 0.2) is 12.2 Å². The van der Waals surface area contributed by atoms with Crippen LogP contribution in [0.4, 0.5) is 0 Å². The van der Waals surface area contributed by atoms with Crippen molar-refractivity contribution in [1.82, 2.24) is 0 Å². The fraction of sp³-hybridized carbons (Fsp3) is 0.625. The van der Waals surface area contributed by atoms with E-state index < -0.39 is 0 Å². The van der Waals surface area contributed by atoms with Gasteiger partial charge in [-0.15, -0.1) is 24.2 Å². The first kappa shape index (κ1) is 13.1. The van der Waals surface area contributed by atoms with E-state index in [4.69, 9.17) is 0 Å². The Morgan fingerprint density at radius 3 is 2.20 bits per heavy atom. The molecule has 0 aliphatic heterocycles. The van der Waals surface area contributed by atoms with Gasteiger partial charge in [0.15, 0.2) is 0 Å². The maximum Gasteiger partial charge on any atom is 2.00 e. The van der Waals surface area contributed by atoms with E-state index in [-0.39, 0.29) is 35.1 Å². The standard InChI is InChI=1S/C8H14O.Mg/c1-7(2)8(3,4)5-6-9;/h1,3,5-6H2,2,4H3;/q-2;+2. The molecule has 2 heteroatoms. The van der Waals surface area contributed by atoms with E-state index in [1.54, 1.807) is 0 Å². The largest absolute Gasteiger partial charge is 2.00 e. The first-order valence-electron chi connectivity index (χ1n) is 3.10. The predicted octanol–water partition coefficient (Wildman–Crippen LogP) is 0.772. The van der Waals surface area contributed by atoms with Gasteiger partial charge in [0.25, 0.3) is 0 Å². The molecule has 1 nitrogen and oxygen atoms in total. The van der Waals surface area contributed by atoms with Crippen LogP contribution in [-0.4, -0.2) is 29.7 Å². The summed E-state index contributed by atoms with van der Waals surface area (Å²) in [5.74, 6) is 0. The van der Waals surface area contributed by atoms with E-state index >= 15 is 0 Å². The van der Waals surface area contributed by atoms with Gasteiger partial charge in [-0.25, -0.2) is 0 Å². The van der Waals surface area contributed by atoms with E-state index in [1.165, 1.54) is 0 Å². The minimum Gasteiger partial charge on any atom is -0.854 e. The van der Waals surface area contributed by atoms with Gasteiger partial charge in [-0.3, -0.25) is 0 Å². The van der Waals surface area contributed by atoms with Gasteiger partial charge in [0, 0.05) is 0 Å². The molecule has 0 aromatic rings. The molecule has 0 spiro atoms. The summed E-state index contributed by atoms with van der Waals surface area (Å²) in [6, 6.07) is 0. The van der Waals surface area contributed by atoms with Crippen molar-refractivity contribution in [2.75, 3.05) is 6.61 Å². The van der Waals surface area contributed by atoms with Crippen LogP contribution in [0.25, 0.3) is 0 Å². The van der Waals surface area contributed by atoms with Crippen molar-refractivity contribution < 1.29 is 5.11 Å². The third kappa shape index (κ3) is 4.31. The Morgan fingerprint density at radius 2 is 2.10 bits per heavy atom. The van der Waals surface area contributed by atoms with Gasteiger partial charge in [0.2, 0.25) is 0 Å². The maximum atomic E-state index is 10.2. The molecule has 0 saturated heterocycles. The third-order valence-corrected chi connectivity index (χ3v) is 1.68.